The van der Waals surface area contributed by atoms with Gasteiger partial charge in [-0.05, 0) is 32.0 Å². The Morgan fingerprint density at radius 2 is 2.00 bits per heavy atom. The number of esters is 1. The number of benzene rings is 1. The van der Waals surface area contributed by atoms with E-state index in [1.165, 1.54) is 0 Å². The summed E-state index contributed by atoms with van der Waals surface area (Å²) in [5, 5.41) is 3.16. The third kappa shape index (κ3) is 4.56. The minimum absolute atomic E-state index is 0.212. The molecule has 0 radical (unpaired) electrons. The maximum atomic E-state index is 12.0. The summed E-state index contributed by atoms with van der Waals surface area (Å²) in [6.45, 7) is 4.24. The molecule has 0 saturated carbocycles. The SMILES string of the molecule is CC(C)Nc1cccc(C(=O)OCc2ccccc2Br)n1. The lowest BCUT2D eigenvalue weighted by Crippen LogP contribution is -2.13. The summed E-state index contributed by atoms with van der Waals surface area (Å²) in [5.41, 5.74) is 1.22. The van der Waals surface area contributed by atoms with Crippen LogP contribution in [0.4, 0.5) is 5.82 Å². The number of rotatable bonds is 5. The van der Waals surface area contributed by atoms with E-state index in [1.807, 2.05) is 44.2 Å². The lowest BCUT2D eigenvalue weighted by molar-refractivity contribution is 0.0465. The number of anilines is 1. The Hall–Kier alpha value is -1.88. The predicted octanol–water partition coefficient (Wildman–Crippen LogP) is 4.02. The lowest BCUT2D eigenvalue weighted by Gasteiger charge is -2.10. The summed E-state index contributed by atoms with van der Waals surface area (Å²) in [5.74, 6) is 0.235. The smallest absolute Gasteiger partial charge is 0.357 e. The van der Waals surface area contributed by atoms with Crippen molar-refractivity contribution in [3.05, 3.63) is 58.2 Å². The largest absolute Gasteiger partial charge is 0.456 e. The van der Waals surface area contributed by atoms with Crippen LogP contribution in [-0.4, -0.2) is 17.0 Å². The number of hydrogen-bond acceptors (Lipinski definition) is 4. The van der Waals surface area contributed by atoms with Crippen molar-refractivity contribution in [3.8, 4) is 0 Å². The summed E-state index contributed by atoms with van der Waals surface area (Å²) in [6, 6.07) is 13.1. The number of carbonyl (C=O) groups is 1. The highest BCUT2D eigenvalue weighted by atomic mass is 79.9. The Morgan fingerprint density at radius 3 is 2.71 bits per heavy atom. The van der Waals surface area contributed by atoms with Crippen molar-refractivity contribution in [1.29, 1.82) is 0 Å². The quantitative estimate of drug-likeness (QED) is 0.829. The van der Waals surface area contributed by atoms with Crippen molar-refractivity contribution >= 4 is 27.7 Å². The minimum Gasteiger partial charge on any atom is -0.456 e. The zero-order chi connectivity index (χ0) is 15.2. The van der Waals surface area contributed by atoms with Gasteiger partial charge in [-0.15, -0.1) is 0 Å². The van der Waals surface area contributed by atoms with Crippen molar-refractivity contribution in [1.82, 2.24) is 4.98 Å². The maximum Gasteiger partial charge on any atom is 0.357 e. The number of pyridine rings is 1. The fourth-order valence-electron chi connectivity index (χ4n) is 1.76. The fourth-order valence-corrected chi connectivity index (χ4v) is 2.16. The van der Waals surface area contributed by atoms with Crippen LogP contribution in [0.1, 0.15) is 29.9 Å². The van der Waals surface area contributed by atoms with Gasteiger partial charge in [-0.3, -0.25) is 0 Å². The maximum absolute atomic E-state index is 12.0. The average molecular weight is 349 g/mol. The van der Waals surface area contributed by atoms with E-state index in [0.717, 1.165) is 10.0 Å². The number of ether oxygens (including phenoxy) is 1. The highest BCUT2D eigenvalue weighted by molar-refractivity contribution is 9.10. The second kappa shape index (κ2) is 7.22. The Labute approximate surface area is 132 Å². The molecule has 2 aromatic rings. The molecule has 0 aliphatic rings. The van der Waals surface area contributed by atoms with E-state index in [1.54, 1.807) is 12.1 Å². The van der Waals surface area contributed by atoms with Gasteiger partial charge in [-0.2, -0.15) is 0 Å². The van der Waals surface area contributed by atoms with Crippen LogP contribution < -0.4 is 5.32 Å². The van der Waals surface area contributed by atoms with Gasteiger partial charge in [0.2, 0.25) is 0 Å². The van der Waals surface area contributed by atoms with Gasteiger partial charge in [0.15, 0.2) is 5.69 Å². The molecule has 110 valence electrons. The van der Waals surface area contributed by atoms with Crippen molar-refractivity contribution in [2.45, 2.75) is 26.5 Å². The molecule has 0 aliphatic carbocycles. The Kier molecular flexibility index (Phi) is 5.33. The first-order chi connectivity index (χ1) is 10.1. The van der Waals surface area contributed by atoms with E-state index in [0.29, 0.717) is 11.5 Å². The van der Waals surface area contributed by atoms with Crippen molar-refractivity contribution in [2.24, 2.45) is 0 Å². The van der Waals surface area contributed by atoms with Crippen molar-refractivity contribution in [3.63, 3.8) is 0 Å². The summed E-state index contributed by atoms with van der Waals surface area (Å²) in [7, 11) is 0. The fraction of sp³-hybridized carbons (Fsp3) is 0.250. The molecule has 0 fully saturated rings. The molecular formula is C16H17BrN2O2. The first-order valence-electron chi connectivity index (χ1n) is 6.70. The minimum atomic E-state index is -0.432. The highest BCUT2D eigenvalue weighted by Gasteiger charge is 2.11. The van der Waals surface area contributed by atoms with Gasteiger partial charge in [-0.25, -0.2) is 9.78 Å². The zero-order valence-corrected chi connectivity index (χ0v) is 13.6. The first-order valence-corrected chi connectivity index (χ1v) is 7.49. The monoisotopic (exact) mass is 348 g/mol. The van der Waals surface area contributed by atoms with Gasteiger partial charge in [0.1, 0.15) is 12.4 Å². The van der Waals surface area contributed by atoms with E-state index in [2.05, 4.69) is 26.2 Å². The van der Waals surface area contributed by atoms with E-state index in [4.69, 9.17) is 4.74 Å². The average Bonchev–Trinajstić information content (AvgIpc) is 2.45. The molecule has 0 unspecified atom stereocenters. The Morgan fingerprint density at radius 1 is 1.24 bits per heavy atom. The first kappa shape index (κ1) is 15.5. The predicted molar refractivity (Wildman–Crippen MR) is 86.3 cm³/mol. The molecule has 0 bridgehead atoms. The van der Waals surface area contributed by atoms with Gasteiger partial charge in [0.05, 0.1) is 0 Å². The molecule has 0 amide bonds. The van der Waals surface area contributed by atoms with E-state index in [-0.39, 0.29) is 12.6 Å². The van der Waals surface area contributed by atoms with Crippen LogP contribution >= 0.6 is 15.9 Å². The van der Waals surface area contributed by atoms with Crippen LogP contribution in [0.15, 0.2) is 46.9 Å². The Balaban J connectivity index is 2.02. The third-order valence-electron chi connectivity index (χ3n) is 2.71. The molecule has 0 atom stereocenters. The molecule has 21 heavy (non-hydrogen) atoms. The Bertz CT molecular complexity index is 629. The molecule has 0 aliphatic heterocycles. The van der Waals surface area contributed by atoms with Gasteiger partial charge in [-0.1, -0.05) is 40.2 Å². The molecule has 0 saturated heterocycles. The molecule has 1 aromatic heterocycles. The van der Waals surface area contributed by atoms with Gasteiger partial charge >= 0.3 is 5.97 Å². The van der Waals surface area contributed by atoms with Crippen LogP contribution in [0, 0.1) is 0 Å². The van der Waals surface area contributed by atoms with E-state index in [9.17, 15) is 4.79 Å². The van der Waals surface area contributed by atoms with Crippen LogP contribution in [0.5, 0.6) is 0 Å². The molecule has 1 heterocycles. The summed E-state index contributed by atoms with van der Waals surface area (Å²) in [6.07, 6.45) is 0. The highest BCUT2D eigenvalue weighted by Crippen LogP contribution is 2.17. The van der Waals surface area contributed by atoms with Gasteiger partial charge < -0.3 is 10.1 Å². The van der Waals surface area contributed by atoms with Crippen LogP contribution in [0.2, 0.25) is 0 Å². The molecule has 0 spiro atoms. The van der Waals surface area contributed by atoms with Crippen molar-refractivity contribution in [2.75, 3.05) is 5.32 Å². The molecule has 1 aromatic carbocycles. The van der Waals surface area contributed by atoms with Crippen molar-refractivity contribution < 1.29 is 9.53 Å². The zero-order valence-electron chi connectivity index (χ0n) is 12.0. The topological polar surface area (TPSA) is 51.2 Å². The third-order valence-corrected chi connectivity index (χ3v) is 3.49. The normalized spacial score (nSPS) is 10.5. The van der Waals surface area contributed by atoms with Gasteiger partial charge in [0.25, 0.3) is 0 Å². The van der Waals surface area contributed by atoms with E-state index >= 15 is 0 Å². The van der Waals surface area contributed by atoms with E-state index < -0.39 is 5.97 Å². The summed E-state index contributed by atoms with van der Waals surface area (Å²) < 4.78 is 6.21. The number of aromatic nitrogens is 1. The number of halogens is 1. The number of carbonyl (C=O) groups excluding carboxylic acids is 1. The molecular weight excluding hydrogens is 332 g/mol. The van der Waals surface area contributed by atoms with Crippen LogP contribution in [0.3, 0.4) is 0 Å². The lowest BCUT2D eigenvalue weighted by atomic mass is 10.2. The number of hydrogen-bond donors (Lipinski definition) is 1. The summed E-state index contributed by atoms with van der Waals surface area (Å²) >= 11 is 3.42. The molecule has 1 N–H and O–H groups in total. The van der Waals surface area contributed by atoms with Crippen LogP contribution in [0.25, 0.3) is 0 Å². The standard InChI is InChI=1S/C16H17BrN2O2/c1-11(2)18-15-9-5-8-14(19-15)16(20)21-10-12-6-3-4-7-13(12)17/h3-9,11H,10H2,1-2H3,(H,18,19). The summed E-state index contributed by atoms with van der Waals surface area (Å²) in [4.78, 5) is 16.3. The molecule has 5 heteroatoms. The van der Waals surface area contributed by atoms with Gasteiger partial charge in [0, 0.05) is 16.1 Å². The molecule has 2 rings (SSSR count). The molecule has 4 nitrogen and oxygen atoms in total. The number of nitrogens with zero attached hydrogens (tertiary/aromatic N) is 1. The second-order valence-electron chi connectivity index (χ2n) is 4.87. The van der Waals surface area contributed by atoms with Crippen LogP contribution in [-0.2, 0) is 11.3 Å². The number of nitrogens with one attached hydrogen (secondary N) is 1. The second-order valence-corrected chi connectivity index (χ2v) is 5.73.